The number of hydrogen-bond donors (Lipinski definition) is 0. The minimum absolute atomic E-state index is 0.00867. The number of para-hydroxylation sites is 1. The summed E-state index contributed by atoms with van der Waals surface area (Å²) >= 11 is 0. The number of carbonyl (C=O) groups is 2. The van der Waals surface area contributed by atoms with E-state index in [-0.39, 0.29) is 24.2 Å². The Hall–Kier alpha value is -3.47. The van der Waals surface area contributed by atoms with Gasteiger partial charge < -0.3 is 9.80 Å². The number of nitrogens with zero attached hydrogens (tertiary/aromatic N) is 3. The Labute approximate surface area is 170 Å². The molecule has 1 atom stereocenters. The van der Waals surface area contributed by atoms with E-state index in [0.29, 0.717) is 19.6 Å². The monoisotopic (exact) mass is 385 g/mol. The van der Waals surface area contributed by atoms with Gasteiger partial charge in [0.15, 0.2) is 0 Å². The lowest BCUT2D eigenvalue weighted by Crippen LogP contribution is -2.37. The molecule has 2 aromatic carbocycles. The average molecular weight is 385 g/mol. The van der Waals surface area contributed by atoms with Gasteiger partial charge in [-0.05, 0) is 35.4 Å². The van der Waals surface area contributed by atoms with E-state index in [9.17, 15) is 9.59 Å². The topological polar surface area (TPSA) is 53.5 Å². The Morgan fingerprint density at radius 2 is 1.59 bits per heavy atom. The van der Waals surface area contributed by atoms with Crippen molar-refractivity contribution < 1.29 is 9.59 Å². The van der Waals surface area contributed by atoms with E-state index in [1.807, 2.05) is 72.8 Å². The van der Waals surface area contributed by atoms with Crippen molar-refractivity contribution in [1.82, 2.24) is 9.88 Å². The van der Waals surface area contributed by atoms with Crippen LogP contribution in [0.15, 0.2) is 85.2 Å². The van der Waals surface area contributed by atoms with Gasteiger partial charge in [-0.3, -0.25) is 14.6 Å². The zero-order valence-corrected chi connectivity index (χ0v) is 16.1. The second kappa shape index (κ2) is 8.69. The van der Waals surface area contributed by atoms with Crippen molar-refractivity contribution in [3.8, 4) is 0 Å². The molecule has 1 aliphatic heterocycles. The molecule has 0 aliphatic carbocycles. The van der Waals surface area contributed by atoms with E-state index < -0.39 is 0 Å². The molecule has 1 unspecified atom stereocenters. The largest absolute Gasteiger partial charge is 0.338 e. The summed E-state index contributed by atoms with van der Waals surface area (Å²) in [5.74, 6) is -0.327. The molecule has 1 saturated heterocycles. The number of benzene rings is 2. The molecule has 5 nitrogen and oxygen atoms in total. The predicted molar refractivity (Wildman–Crippen MR) is 112 cm³/mol. The van der Waals surface area contributed by atoms with Crippen molar-refractivity contribution in [2.24, 2.45) is 5.92 Å². The lowest BCUT2D eigenvalue weighted by atomic mass is 10.1. The van der Waals surface area contributed by atoms with Gasteiger partial charge in [-0.2, -0.15) is 0 Å². The van der Waals surface area contributed by atoms with Gasteiger partial charge in [-0.15, -0.1) is 0 Å². The highest BCUT2D eigenvalue weighted by atomic mass is 16.2. The summed E-state index contributed by atoms with van der Waals surface area (Å²) < 4.78 is 0. The fourth-order valence-electron chi connectivity index (χ4n) is 3.69. The second-order valence-corrected chi connectivity index (χ2v) is 7.28. The highest BCUT2D eigenvalue weighted by Crippen LogP contribution is 2.26. The van der Waals surface area contributed by atoms with Gasteiger partial charge in [0.05, 0.1) is 12.5 Å². The van der Waals surface area contributed by atoms with Gasteiger partial charge in [0, 0.05) is 37.6 Å². The summed E-state index contributed by atoms with van der Waals surface area (Å²) in [6, 6.07) is 23.4. The number of rotatable bonds is 6. The van der Waals surface area contributed by atoms with Crippen LogP contribution in [0.5, 0.6) is 0 Å². The summed E-state index contributed by atoms with van der Waals surface area (Å²) in [4.78, 5) is 33.6. The van der Waals surface area contributed by atoms with Crippen molar-refractivity contribution in [1.29, 1.82) is 0 Å². The molecule has 146 valence electrons. The minimum Gasteiger partial charge on any atom is -0.338 e. The highest BCUT2D eigenvalue weighted by Gasteiger charge is 2.36. The van der Waals surface area contributed by atoms with Crippen LogP contribution in [0.25, 0.3) is 0 Å². The zero-order valence-electron chi connectivity index (χ0n) is 16.1. The molecular formula is C24H23N3O2. The van der Waals surface area contributed by atoms with E-state index in [0.717, 1.165) is 16.8 Å². The van der Waals surface area contributed by atoms with Gasteiger partial charge in [-0.1, -0.05) is 48.5 Å². The third-order valence-corrected chi connectivity index (χ3v) is 5.20. The lowest BCUT2D eigenvalue weighted by Gasteiger charge is -2.26. The first kappa shape index (κ1) is 18.9. The van der Waals surface area contributed by atoms with Gasteiger partial charge in [0.25, 0.3) is 0 Å². The van der Waals surface area contributed by atoms with E-state index in [1.165, 1.54) is 0 Å². The normalized spacial score (nSPS) is 16.1. The maximum Gasteiger partial charge on any atom is 0.232 e. The standard InChI is InChI=1S/C24H23N3O2/c28-23-15-21(18-26(23)16-20-11-13-25-14-12-20)24(29)27(22-9-5-2-6-10-22)17-19-7-3-1-4-8-19/h1-14,21H,15-18H2. The van der Waals surface area contributed by atoms with E-state index in [1.54, 1.807) is 22.2 Å². The number of carbonyl (C=O) groups excluding carboxylic acids is 2. The second-order valence-electron chi connectivity index (χ2n) is 7.28. The van der Waals surface area contributed by atoms with Crippen molar-refractivity contribution in [2.45, 2.75) is 19.5 Å². The number of anilines is 1. The Balaban J connectivity index is 1.52. The van der Waals surface area contributed by atoms with Crippen molar-refractivity contribution in [3.63, 3.8) is 0 Å². The van der Waals surface area contributed by atoms with Gasteiger partial charge in [0.1, 0.15) is 0 Å². The smallest absolute Gasteiger partial charge is 0.232 e. The molecule has 3 aromatic rings. The molecule has 0 radical (unpaired) electrons. The Morgan fingerprint density at radius 1 is 0.931 bits per heavy atom. The van der Waals surface area contributed by atoms with Crippen LogP contribution in [0.4, 0.5) is 5.69 Å². The van der Waals surface area contributed by atoms with E-state index >= 15 is 0 Å². The molecule has 2 heterocycles. The van der Waals surface area contributed by atoms with Gasteiger partial charge in [-0.25, -0.2) is 0 Å². The summed E-state index contributed by atoms with van der Waals surface area (Å²) in [6.45, 7) is 1.44. The first-order chi connectivity index (χ1) is 14.2. The fourth-order valence-corrected chi connectivity index (χ4v) is 3.69. The quantitative estimate of drug-likeness (QED) is 0.651. The number of pyridine rings is 1. The maximum absolute atomic E-state index is 13.4. The summed E-state index contributed by atoms with van der Waals surface area (Å²) in [5, 5.41) is 0. The summed E-state index contributed by atoms with van der Waals surface area (Å²) in [7, 11) is 0. The molecule has 4 rings (SSSR count). The molecule has 1 fully saturated rings. The molecule has 1 aromatic heterocycles. The van der Waals surface area contributed by atoms with Crippen molar-refractivity contribution in [2.75, 3.05) is 11.4 Å². The van der Waals surface area contributed by atoms with E-state index in [2.05, 4.69) is 4.98 Å². The minimum atomic E-state index is -0.340. The van der Waals surface area contributed by atoms with Crippen molar-refractivity contribution in [3.05, 3.63) is 96.3 Å². The van der Waals surface area contributed by atoms with Crippen LogP contribution < -0.4 is 4.90 Å². The van der Waals surface area contributed by atoms with Crippen LogP contribution in [0, 0.1) is 5.92 Å². The number of hydrogen-bond acceptors (Lipinski definition) is 3. The van der Waals surface area contributed by atoms with Crippen LogP contribution in [0.2, 0.25) is 0 Å². The van der Waals surface area contributed by atoms with Crippen molar-refractivity contribution >= 4 is 17.5 Å². The third kappa shape index (κ3) is 4.51. The number of likely N-dealkylation sites (tertiary alicyclic amines) is 1. The molecular weight excluding hydrogens is 362 g/mol. The maximum atomic E-state index is 13.4. The van der Waals surface area contributed by atoms with Crippen LogP contribution in [-0.4, -0.2) is 28.2 Å². The molecule has 0 N–H and O–H groups in total. The summed E-state index contributed by atoms with van der Waals surface area (Å²) in [5.41, 5.74) is 2.93. The SMILES string of the molecule is O=C1CC(C(=O)N(Cc2ccccc2)c2ccccc2)CN1Cc1ccncc1. The van der Waals surface area contributed by atoms with Crippen LogP contribution in [0.3, 0.4) is 0 Å². The van der Waals surface area contributed by atoms with Crippen LogP contribution >= 0.6 is 0 Å². The molecule has 2 amide bonds. The molecule has 1 aliphatic rings. The first-order valence-electron chi connectivity index (χ1n) is 9.78. The Morgan fingerprint density at radius 3 is 2.28 bits per heavy atom. The molecule has 5 heteroatoms. The first-order valence-corrected chi connectivity index (χ1v) is 9.78. The Bertz CT molecular complexity index is 961. The predicted octanol–water partition coefficient (Wildman–Crippen LogP) is 3.66. The molecule has 0 spiro atoms. The fraction of sp³-hybridized carbons (Fsp3) is 0.208. The molecule has 29 heavy (non-hydrogen) atoms. The highest BCUT2D eigenvalue weighted by molar-refractivity contribution is 5.99. The lowest BCUT2D eigenvalue weighted by molar-refractivity contribution is -0.128. The summed E-state index contributed by atoms with van der Waals surface area (Å²) in [6.07, 6.45) is 3.69. The molecule has 0 bridgehead atoms. The van der Waals surface area contributed by atoms with Crippen LogP contribution in [0.1, 0.15) is 17.5 Å². The van der Waals surface area contributed by atoms with Crippen LogP contribution in [-0.2, 0) is 22.7 Å². The third-order valence-electron chi connectivity index (χ3n) is 5.20. The zero-order chi connectivity index (χ0) is 20.1. The van der Waals surface area contributed by atoms with Gasteiger partial charge in [0.2, 0.25) is 11.8 Å². The van der Waals surface area contributed by atoms with Gasteiger partial charge >= 0.3 is 0 Å². The number of aromatic nitrogens is 1. The molecule has 0 saturated carbocycles. The number of amides is 2. The Kier molecular flexibility index (Phi) is 5.66. The average Bonchev–Trinajstić information content (AvgIpc) is 3.14. The van der Waals surface area contributed by atoms with E-state index in [4.69, 9.17) is 0 Å².